The Balaban J connectivity index is 4.38. The predicted octanol–water partition coefficient (Wildman–Crippen LogP) is 1.70. The molecule has 0 aromatic carbocycles. The van der Waals surface area contributed by atoms with Crippen molar-refractivity contribution in [1.82, 2.24) is 0 Å². The van der Waals surface area contributed by atoms with Crippen molar-refractivity contribution in [3.05, 3.63) is 0 Å². The summed E-state index contributed by atoms with van der Waals surface area (Å²) < 4.78 is 10.9. The van der Waals surface area contributed by atoms with Gasteiger partial charge in [-0.2, -0.15) is 0 Å². The summed E-state index contributed by atoms with van der Waals surface area (Å²) in [7, 11) is -4.23. The molecule has 0 radical (unpaired) electrons. The number of carbonyl (C=O) groups is 1. The minimum atomic E-state index is -4.23. The summed E-state index contributed by atoms with van der Waals surface area (Å²) in [5, 5.41) is 0. The van der Waals surface area contributed by atoms with E-state index in [1.165, 1.54) is 0 Å². The largest absolute Gasteiger partial charge is 0.335 e. The van der Waals surface area contributed by atoms with E-state index in [2.05, 4.69) is 0 Å². The molecule has 0 aromatic rings. The first-order valence-electron chi connectivity index (χ1n) is 4.51. The van der Waals surface area contributed by atoms with Crippen LogP contribution in [0.5, 0.6) is 0 Å². The lowest BCUT2D eigenvalue weighted by atomic mass is 10.1. The van der Waals surface area contributed by atoms with Crippen molar-refractivity contribution in [2.24, 2.45) is 0 Å². The van der Waals surface area contributed by atoms with E-state index in [4.69, 9.17) is 9.79 Å². The van der Waals surface area contributed by atoms with Gasteiger partial charge in [-0.05, 0) is 6.42 Å². The van der Waals surface area contributed by atoms with E-state index in [-0.39, 0.29) is 12.2 Å². The lowest BCUT2D eigenvalue weighted by molar-refractivity contribution is -0.118. The van der Waals surface area contributed by atoms with Crippen LogP contribution in [0.25, 0.3) is 0 Å². The van der Waals surface area contributed by atoms with Crippen molar-refractivity contribution in [2.75, 3.05) is 0 Å². The normalized spacial score (nSPS) is 14.2. The Bertz CT molecular complexity index is 208. The van der Waals surface area contributed by atoms with Crippen LogP contribution in [0.3, 0.4) is 0 Å². The molecule has 0 aromatic heterocycles. The van der Waals surface area contributed by atoms with E-state index < -0.39 is 13.3 Å². The van der Waals surface area contributed by atoms with E-state index in [0.717, 1.165) is 6.42 Å². The second-order valence-corrected chi connectivity index (χ2v) is 4.87. The lowest BCUT2D eigenvalue weighted by Crippen LogP contribution is -2.20. The molecule has 13 heavy (non-hydrogen) atoms. The molecule has 0 aliphatic rings. The van der Waals surface area contributed by atoms with Crippen molar-refractivity contribution < 1.29 is 19.1 Å². The molecule has 0 rings (SSSR count). The summed E-state index contributed by atoms with van der Waals surface area (Å²) in [6, 6.07) is 0. The molecule has 0 spiro atoms. The Morgan fingerprint density at radius 1 is 1.38 bits per heavy atom. The average molecular weight is 208 g/mol. The molecule has 2 N–H and O–H groups in total. The van der Waals surface area contributed by atoms with Crippen molar-refractivity contribution >= 4 is 13.4 Å². The third kappa shape index (κ3) is 4.55. The molecule has 0 saturated heterocycles. The van der Waals surface area contributed by atoms with Crippen molar-refractivity contribution in [2.45, 2.75) is 45.2 Å². The van der Waals surface area contributed by atoms with Gasteiger partial charge in [-0.15, -0.1) is 0 Å². The molecule has 0 bridgehead atoms. The fraction of sp³-hybridized carbons (Fsp3) is 0.875. The first-order chi connectivity index (χ1) is 5.93. The van der Waals surface area contributed by atoms with Gasteiger partial charge in [0.15, 0.2) is 0 Å². The van der Waals surface area contributed by atoms with Gasteiger partial charge in [-0.1, -0.05) is 26.7 Å². The van der Waals surface area contributed by atoms with Gasteiger partial charge in [-0.3, -0.25) is 9.36 Å². The van der Waals surface area contributed by atoms with Crippen LogP contribution in [-0.4, -0.2) is 21.2 Å². The molecule has 4 nitrogen and oxygen atoms in total. The van der Waals surface area contributed by atoms with Crippen molar-refractivity contribution in [1.29, 1.82) is 0 Å². The summed E-state index contributed by atoms with van der Waals surface area (Å²) in [5.41, 5.74) is -1.07. The Kier molecular flexibility index (Phi) is 5.45. The molecule has 78 valence electrons. The standard InChI is InChI=1S/C8H17O4P/c1-3-5-6-8(7(9)4-2)13(10,11)12/h8H,3-6H2,1-2H3,(H2,10,11,12). The van der Waals surface area contributed by atoms with Crippen LogP contribution in [0.1, 0.15) is 39.5 Å². The molecule has 0 heterocycles. The molecule has 0 saturated carbocycles. The number of rotatable bonds is 6. The van der Waals surface area contributed by atoms with Crippen LogP contribution in [0.2, 0.25) is 0 Å². The van der Waals surface area contributed by atoms with Gasteiger partial charge in [0.2, 0.25) is 0 Å². The minimum absolute atomic E-state index is 0.194. The highest BCUT2D eigenvalue weighted by Crippen LogP contribution is 2.44. The number of ketones is 1. The third-order valence-electron chi connectivity index (χ3n) is 1.96. The Labute approximate surface area is 78.5 Å². The topological polar surface area (TPSA) is 74.6 Å². The SMILES string of the molecule is CCCCC(C(=O)CC)P(=O)(O)O. The second-order valence-electron chi connectivity index (χ2n) is 3.07. The number of hydrogen-bond donors (Lipinski definition) is 2. The smallest absolute Gasteiger partial charge is 0.324 e. The highest BCUT2D eigenvalue weighted by Gasteiger charge is 2.33. The lowest BCUT2D eigenvalue weighted by Gasteiger charge is -2.15. The zero-order valence-electron chi connectivity index (χ0n) is 8.06. The fourth-order valence-electron chi connectivity index (χ4n) is 1.15. The summed E-state index contributed by atoms with van der Waals surface area (Å²) in [5.74, 6) is -0.332. The first-order valence-corrected chi connectivity index (χ1v) is 6.19. The van der Waals surface area contributed by atoms with Gasteiger partial charge in [0.25, 0.3) is 0 Å². The van der Waals surface area contributed by atoms with Gasteiger partial charge in [0.05, 0.1) is 0 Å². The Morgan fingerprint density at radius 2 is 1.92 bits per heavy atom. The third-order valence-corrected chi connectivity index (χ3v) is 3.32. The summed E-state index contributed by atoms with van der Waals surface area (Å²) in [6.45, 7) is 3.55. The summed E-state index contributed by atoms with van der Waals surface area (Å²) in [4.78, 5) is 29.0. The maximum atomic E-state index is 11.2. The zero-order chi connectivity index (χ0) is 10.5. The molecule has 0 aliphatic carbocycles. The van der Waals surface area contributed by atoms with Crippen molar-refractivity contribution in [3.63, 3.8) is 0 Å². The molecular formula is C8H17O4P. The van der Waals surface area contributed by atoms with Crippen LogP contribution in [0.4, 0.5) is 0 Å². The van der Waals surface area contributed by atoms with E-state index in [9.17, 15) is 9.36 Å². The number of hydrogen-bond acceptors (Lipinski definition) is 2. The monoisotopic (exact) mass is 208 g/mol. The molecule has 0 aliphatic heterocycles. The summed E-state index contributed by atoms with van der Waals surface area (Å²) in [6.07, 6.45) is 2.02. The van der Waals surface area contributed by atoms with Crippen molar-refractivity contribution in [3.8, 4) is 0 Å². The zero-order valence-corrected chi connectivity index (χ0v) is 8.96. The quantitative estimate of drug-likeness (QED) is 0.651. The molecule has 1 atom stereocenters. The fourth-order valence-corrected chi connectivity index (χ4v) is 2.23. The highest BCUT2D eigenvalue weighted by atomic mass is 31.2. The predicted molar refractivity (Wildman–Crippen MR) is 50.7 cm³/mol. The maximum Gasteiger partial charge on any atom is 0.335 e. The van der Waals surface area contributed by atoms with Gasteiger partial charge in [-0.25, -0.2) is 0 Å². The second kappa shape index (κ2) is 5.53. The van der Waals surface area contributed by atoms with Gasteiger partial charge < -0.3 is 9.79 Å². The van der Waals surface area contributed by atoms with E-state index in [1.807, 2.05) is 6.92 Å². The van der Waals surface area contributed by atoms with Crippen LogP contribution in [-0.2, 0) is 9.36 Å². The van der Waals surface area contributed by atoms with Crippen LogP contribution >= 0.6 is 7.60 Å². The average Bonchev–Trinajstić information content (AvgIpc) is 2.02. The van der Waals surface area contributed by atoms with E-state index in [1.54, 1.807) is 6.92 Å². The summed E-state index contributed by atoms with van der Waals surface area (Å²) >= 11 is 0. The Morgan fingerprint density at radius 3 is 2.23 bits per heavy atom. The number of Topliss-reactive ketones (excluding diaryl/α,β-unsaturated/α-hetero) is 1. The molecular weight excluding hydrogens is 191 g/mol. The highest BCUT2D eigenvalue weighted by molar-refractivity contribution is 7.53. The van der Waals surface area contributed by atoms with Gasteiger partial charge >= 0.3 is 7.60 Å². The molecule has 5 heteroatoms. The number of unbranched alkanes of at least 4 members (excludes halogenated alkanes) is 1. The number of carbonyl (C=O) groups excluding carboxylic acids is 1. The van der Waals surface area contributed by atoms with E-state index >= 15 is 0 Å². The molecule has 1 unspecified atom stereocenters. The van der Waals surface area contributed by atoms with Gasteiger partial charge in [0.1, 0.15) is 11.4 Å². The van der Waals surface area contributed by atoms with Crippen LogP contribution in [0, 0.1) is 0 Å². The Hall–Kier alpha value is -0.180. The molecule has 0 amide bonds. The van der Waals surface area contributed by atoms with E-state index in [0.29, 0.717) is 12.8 Å². The van der Waals surface area contributed by atoms with Gasteiger partial charge in [0, 0.05) is 6.42 Å². The van der Waals surface area contributed by atoms with Crippen LogP contribution in [0.15, 0.2) is 0 Å². The minimum Gasteiger partial charge on any atom is -0.324 e. The van der Waals surface area contributed by atoms with Crippen LogP contribution < -0.4 is 0 Å². The maximum absolute atomic E-state index is 11.2. The molecule has 0 fully saturated rings. The first kappa shape index (κ1) is 12.8.